The molecule has 15 heavy (non-hydrogen) atoms. The van der Waals surface area contributed by atoms with Gasteiger partial charge in [0, 0.05) is 6.04 Å². The van der Waals surface area contributed by atoms with Gasteiger partial charge in [0.05, 0.1) is 18.5 Å². The van der Waals surface area contributed by atoms with Gasteiger partial charge in [-0.15, -0.1) is 0 Å². The van der Waals surface area contributed by atoms with Crippen LogP contribution in [0.25, 0.3) is 0 Å². The summed E-state index contributed by atoms with van der Waals surface area (Å²) in [6.45, 7) is 3.69. The Bertz CT molecular complexity index is 341. The molecule has 0 amide bonds. The van der Waals surface area contributed by atoms with Crippen molar-refractivity contribution in [1.29, 1.82) is 5.26 Å². The molecular weight excluding hydrogens is 192 g/mol. The lowest BCUT2D eigenvalue weighted by Crippen LogP contribution is -2.21. The summed E-state index contributed by atoms with van der Waals surface area (Å²) in [5, 5.41) is 20.8. The topological polar surface area (TPSA) is 81.8 Å². The monoisotopic (exact) mass is 206 g/mol. The highest BCUT2D eigenvalue weighted by Crippen LogP contribution is 2.06. The van der Waals surface area contributed by atoms with Gasteiger partial charge in [0.2, 0.25) is 0 Å². The Balaban J connectivity index is 2.54. The van der Waals surface area contributed by atoms with Gasteiger partial charge in [-0.25, -0.2) is 9.97 Å². The van der Waals surface area contributed by atoms with Crippen LogP contribution in [0.1, 0.15) is 26.0 Å². The Morgan fingerprint density at radius 2 is 2.20 bits per heavy atom. The van der Waals surface area contributed by atoms with E-state index in [0.29, 0.717) is 17.9 Å². The number of rotatable bonds is 4. The molecule has 1 aromatic heterocycles. The van der Waals surface area contributed by atoms with Crippen LogP contribution in [0.2, 0.25) is 0 Å². The summed E-state index contributed by atoms with van der Waals surface area (Å²) in [7, 11) is 0. The van der Waals surface area contributed by atoms with E-state index in [4.69, 9.17) is 10.4 Å². The molecule has 0 radical (unpaired) electrons. The van der Waals surface area contributed by atoms with Crippen molar-refractivity contribution in [3.63, 3.8) is 0 Å². The molecule has 0 bridgehead atoms. The molecule has 2 unspecified atom stereocenters. The first-order chi connectivity index (χ1) is 7.11. The lowest BCUT2D eigenvalue weighted by Gasteiger charge is -2.15. The van der Waals surface area contributed by atoms with E-state index in [1.807, 2.05) is 13.0 Å². The summed E-state index contributed by atoms with van der Waals surface area (Å²) in [5.41, 5.74) is 0.295. The van der Waals surface area contributed by atoms with Crippen molar-refractivity contribution in [2.24, 2.45) is 0 Å². The molecule has 0 spiro atoms. The maximum absolute atomic E-state index is 9.16. The van der Waals surface area contributed by atoms with Crippen LogP contribution < -0.4 is 5.32 Å². The Morgan fingerprint density at radius 3 is 2.67 bits per heavy atom. The maximum atomic E-state index is 9.16. The fourth-order valence-corrected chi connectivity index (χ4v) is 1.28. The molecule has 5 heteroatoms. The molecule has 1 heterocycles. The lowest BCUT2D eigenvalue weighted by atomic mass is 10.1. The fraction of sp³-hybridized carbons (Fsp3) is 0.500. The predicted octanol–water partition coefficient (Wildman–Crippen LogP) is 0.920. The first-order valence-corrected chi connectivity index (χ1v) is 4.78. The van der Waals surface area contributed by atoms with Gasteiger partial charge in [-0.2, -0.15) is 5.26 Å². The van der Waals surface area contributed by atoms with Crippen LogP contribution in [0, 0.1) is 11.3 Å². The number of nitrogens with one attached hydrogen (secondary N) is 1. The average Bonchev–Trinajstić information content (AvgIpc) is 2.17. The van der Waals surface area contributed by atoms with Gasteiger partial charge in [-0.3, -0.25) is 0 Å². The van der Waals surface area contributed by atoms with Crippen molar-refractivity contribution < 1.29 is 5.11 Å². The highest BCUT2D eigenvalue weighted by atomic mass is 16.3. The normalized spacial score (nSPS) is 14.0. The molecule has 0 saturated carbocycles. The van der Waals surface area contributed by atoms with Gasteiger partial charge in [-0.05, 0) is 20.3 Å². The molecule has 1 rings (SSSR count). The van der Waals surface area contributed by atoms with Gasteiger partial charge < -0.3 is 10.4 Å². The molecule has 2 N–H and O–H groups in total. The van der Waals surface area contributed by atoms with E-state index in [1.165, 1.54) is 12.4 Å². The Morgan fingerprint density at radius 1 is 1.47 bits per heavy atom. The largest absolute Gasteiger partial charge is 0.393 e. The van der Waals surface area contributed by atoms with Crippen LogP contribution in [0.15, 0.2) is 12.4 Å². The van der Waals surface area contributed by atoms with Gasteiger partial charge in [0.1, 0.15) is 11.9 Å². The number of aliphatic hydroxyl groups is 1. The van der Waals surface area contributed by atoms with Crippen LogP contribution in [0.5, 0.6) is 0 Å². The number of nitrogens with zero attached hydrogens (tertiary/aromatic N) is 3. The smallest absolute Gasteiger partial charge is 0.158 e. The van der Waals surface area contributed by atoms with E-state index in [2.05, 4.69) is 15.3 Å². The minimum atomic E-state index is -0.348. The SMILES string of the molecule is CC(O)CC(C)Nc1cnc(C#N)cn1. The second-order valence-electron chi connectivity index (χ2n) is 3.53. The van der Waals surface area contributed by atoms with E-state index in [-0.39, 0.29) is 12.1 Å². The third-order valence-corrected chi connectivity index (χ3v) is 1.86. The molecule has 80 valence electrons. The second kappa shape index (κ2) is 5.27. The van der Waals surface area contributed by atoms with E-state index >= 15 is 0 Å². The zero-order chi connectivity index (χ0) is 11.3. The highest BCUT2D eigenvalue weighted by molar-refractivity contribution is 5.34. The standard InChI is InChI=1S/C10H14N4O/c1-7(3-8(2)15)14-10-6-12-9(4-11)5-13-10/h5-8,15H,3H2,1-2H3,(H,13,14). The molecular formula is C10H14N4O. The summed E-state index contributed by atoms with van der Waals surface area (Å²) < 4.78 is 0. The Hall–Kier alpha value is -1.67. The van der Waals surface area contributed by atoms with E-state index in [9.17, 15) is 0 Å². The van der Waals surface area contributed by atoms with Crippen molar-refractivity contribution in [3.05, 3.63) is 18.1 Å². The van der Waals surface area contributed by atoms with Gasteiger partial charge >= 0.3 is 0 Å². The Kier molecular flexibility index (Phi) is 4.01. The molecule has 1 aromatic rings. The molecule has 0 aromatic carbocycles. The van der Waals surface area contributed by atoms with Crippen molar-refractivity contribution in [2.45, 2.75) is 32.4 Å². The van der Waals surface area contributed by atoms with Gasteiger partial charge in [0.25, 0.3) is 0 Å². The number of aromatic nitrogens is 2. The molecule has 2 atom stereocenters. The summed E-state index contributed by atoms with van der Waals surface area (Å²) in [6.07, 6.45) is 3.22. The molecule has 0 aliphatic rings. The van der Waals surface area contributed by atoms with Gasteiger partial charge in [-0.1, -0.05) is 0 Å². The molecule has 0 fully saturated rings. The summed E-state index contributed by atoms with van der Waals surface area (Å²) in [6, 6.07) is 2.02. The minimum Gasteiger partial charge on any atom is -0.393 e. The summed E-state index contributed by atoms with van der Waals surface area (Å²) in [5.74, 6) is 0.613. The third-order valence-electron chi connectivity index (χ3n) is 1.86. The predicted molar refractivity (Wildman–Crippen MR) is 56.1 cm³/mol. The molecule has 5 nitrogen and oxygen atoms in total. The zero-order valence-corrected chi connectivity index (χ0v) is 8.81. The Labute approximate surface area is 88.8 Å². The highest BCUT2D eigenvalue weighted by Gasteiger charge is 2.06. The number of anilines is 1. The van der Waals surface area contributed by atoms with Gasteiger partial charge in [0.15, 0.2) is 5.69 Å². The van der Waals surface area contributed by atoms with Crippen LogP contribution in [0.4, 0.5) is 5.82 Å². The summed E-state index contributed by atoms with van der Waals surface area (Å²) in [4.78, 5) is 7.90. The summed E-state index contributed by atoms with van der Waals surface area (Å²) >= 11 is 0. The van der Waals surface area contributed by atoms with Crippen LogP contribution >= 0.6 is 0 Å². The van der Waals surface area contributed by atoms with E-state index in [1.54, 1.807) is 6.92 Å². The first kappa shape index (κ1) is 11.4. The quantitative estimate of drug-likeness (QED) is 0.765. The lowest BCUT2D eigenvalue weighted by molar-refractivity contribution is 0.179. The van der Waals surface area contributed by atoms with Crippen molar-refractivity contribution >= 4 is 5.82 Å². The van der Waals surface area contributed by atoms with Crippen molar-refractivity contribution in [2.75, 3.05) is 5.32 Å². The van der Waals surface area contributed by atoms with E-state index < -0.39 is 0 Å². The molecule has 0 saturated heterocycles. The van der Waals surface area contributed by atoms with Crippen molar-refractivity contribution in [1.82, 2.24) is 9.97 Å². The fourth-order valence-electron chi connectivity index (χ4n) is 1.28. The van der Waals surface area contributed by atoms with Crippen molar-refractivity contribution in [3.8, 4) is 6.07 Å². The number of hydrogen-bond acceptors (Lipinski definition) is 5. The average molecular weight is 206 g/mol. The minimum absolute atomic E-state index is 0.118. The zero-order valence-electron chi connectivity index (χ0n) is 8.81. The van der Waals surface area contributed by atoms with Crippen LogP contribution in [-0.4, -0.2) is 27.2 Å². The van der Waals surface area contributed by atoms with Crippen LogP contribution in [0.3, 0.4) is 0 Å². The molecule has 0 aliphatic carbocycles. The van der Waals surface area contributed by atoms with Crippen LogP contribution in [-0.2, 0) is 0 Å². The number of hydrogen-bond donors (Lipinski definition) is 2. The molecule has 0 aliphatic heterocycles. The second-order valence-corrected chi connectivity index (χ2v) is 3.53. The first-order valence-electron chi connectivity index (χ1n) is 4.78. The number of nitriles is 1. The third kappa shape index (κ3) is 3.92. The van der Waals surface area contributed by atoms with E-state index in [0.717, 1.165) is 0 Å². The number of aliphatic hydroxyl groups excluding tert-OH is 1. The maximum Gasteiger partial charge on any atom is 0.158 e.